The maximum absolute atomic E-state index is 13.5. The molecule has 2 aliphatic heterocycles. The van der Waals surface area contributed by atoms with E-state index in [2.05, 4.69) is 10.00 Å². The molecule has 2 amide bonds. The van der Waals surface area contributed by atoms with Gasteiger partial charge in [0, 0.05) is 36.6 Å². The van der Waals surface area contributed by atoms with Gasteiger partial charge in [-0.3, -0.25) is 14.3 Å². The number of rotatable bonds is 4. The number of piperazine rings is 1. The highest BCUT2D eigenvalue weighted by atomic mass is 35.5. The first-order valence-electron chi connectivity index (χ1n) is 11.1. The molecule has 0 bridgehead atoms. The molecule has 7 nitrogen and oxygen atoms in total. The SMILES string of the molecule is CN1CCN(N2C(=O)S/C(=C\c3ccc4c(cnn4Cc4ccc(Cl)cc4C(F)(F)F)c3)C2=O)CC1. The number of halogens is 4. The lowest BCUT2D eigenvalue weighted by atomic mass is 10.1. The van der Waals surface area contributed by atoms with E-state index in [-0.39, 0.29) is 28.3 Å². The number of hydrogen-bond acceptors (Lipinski definition) is 6. The Bertz CT molecular complexity index is 1380. The number of aromatic nitrogens is 2. The van der Waals surface area contributed by atoms with Gasteiger partial charge in [0.05, 0.1) is 28.7 Å². The molecule has 3 aromatic rings. The highest BCUT2D eigenvalue weighted by Crippen LogP contribution is 2.36. The van der Waals surface area contributed by atoms with Crippen LogP contribution in [0.4, 0.5) is 18.0 Å². The van der Waals surface area contributed by atoms with Crippen LogP contribution in [-0.2, 0) is 17.5 Å². The number of amides is 2. The molecule has 2 fully saturated rings. The Labute approximate surface area is 214 Å². The Hall–Kier alpha value is -2.86. The molecule has 0 spiro atoms. The summed E-state index contributed by atoms with van der Waals surface area (Å²) in [5, 5.41) is 7.64. The van der Waals surface area contributed by atoms with Crippen LogP contribution in [0.5, 0.6) is 0 Å². The van der Waals surface area contributed by atoms with E-state index in [1.165, 1.54) is 21.8 Å². The second kappa shape index (κ2) is 9.55. The van der Waals surface area contributed by atoms with Gasteiger partial charge in [-0.25, -0.2) is 5.01 Å². The second-order valence-corrected chi connectivity index (χ2v) is 10.1. The van der Waals surface area contributed by atoms with Crippen molar-refractivity contribution in [3.8, 4) is 0 Å². The number of benzene rings is 2. The Kier molecular flexibility index (Phi) is 6.58. The minimum Gasteiger partial charge on any atom is -0.304 e. The number of carbonyl (C=O) groups excluding carboxylic acids is 2. The number of thioether (sulfide) groups is 1. The zero-order valence-corrected chi connectivity index (χ0v) is 20.7. The fourth-order valence-electron chi connectivity index (χ4n) is 4.28. The minimum atomic E-state index is -4.54. The molecule has 3 heterocycles. The molecule has 0 atom stereocenters. The number of fused-ring (bicyclic) bond motifs is 1. The fraction of sp³-hybridized carbons (Fsp3) is 0.292. The molecule has 2 aliphatic rings. The van der Waals surface area contributed by atoms with E-state index in [4.69, 9.17) is 11.6 Å². The molecule has 1 aromatic heterocycles. The molecule has 188 valence electrons. The Morgan fingerprint density at radius 3 is 2.56 bits per heavy atom. The van der Waals surface area contributed by atoms with Crippen LogP contribution in [0.1, 0.15) is 16.7 Å². The largest absolute Gasteiger partial charge is 0.416 e. The van der Waals surface area contributed by atoms with Gasteiger partial charge < -0.3 is 4.90 Å². The molecule has 0 N–H and O–H groups in total. The number of hydrogen-bond donors (Lipinski definition) is 0. The van der Waals surface area contributed by atoms with E-state index >= 15 is 0 Å². The van der Waals surface area contributed by atoms with E-state index in [1.807, 2.05) is 7.05 Å². The normalized spacial score (nSPS) is 19.2. The van der Waals surface area contributed by atoms with E-state index in [0.29, 0.717) is 34.5 Å². The third kappa shape index (κ3) is 4.88. The fourth-order valence-corrected chi connectivity index (χ4v) is 5.30. The molecule has 0 unspecified atom stereocenters. The summed E-state index contributed by atoms with van der Waals surface area (Å²) in [7, 11) is 1.99. The lowest BCUT2D eigenvalue weighted by Crippen LogP contribution is -2.54. The molecule has 5 rings (SSSR count). The van der Waals surface area contributed by atoms with Gasteiger partial charge >= 0.3 is 11.4 Å². The van der Waals surface area contributed by atoms with Gasteiger partial charge in [-0.05, 0) is 60.3 Å². The second-order valence-electron chi connectivity index (χ2n) is 8.67. The lowest BCUT2D eigenvalue weighted by molar-refractivity contribution is -0.138. The van der Waals surface area contributed by atoms with Crippen LogP contribution >= 0.6 is 23.4 Å². The Morgan fingerprint density at radius 2 is 1.83 bits per heavy atom. The van der Waals surface area contributed by atoms with Gasteiger partial charge in [-0.1, -0.05) is 23.7 Å². The van der Waals surface area contributed by atoms with Crippen LogP contribution in [-0.4, -0.2) is 69.1 Å². The molecular formula is C24H21ClF3N5O2S. The number of alkyl halides is 3. The number of hydrazine groups is 1. The van der Waals surface area contributed by atoms with Gasteiger partial charge in [0.2, 0.25) is 0 Å². The molecule has 2 saturated heterocycles. The monoisotopic (exact) mass is 535 g/mol. The van der Waals surface area contributed by atoms with E-state index in [9.17, 15) is 22.8 Å². The van der Waals surface area contributed by atoms with Crippen molar-refractivity contribution in [1.29, 1.82) is 0 Å². The maximum Gasteiger partial charge on any atom is 0.416 e. The van der Waals surface area contributed by atoms with Gasteiger partial charge in [0.25, 0.3) is 5.91 Å². The van der Waals surface area contributed by atoms with Crippen LogP contribution in [0.25, 0.3) is 17.0 Å². The van der Waals surface area contributed by atoms with Crippen molar-refractivity contribution in [3.05, 3.63) is 69.2 Å². The molecule has 0 radical (unpaired) electrons. The van der Waals surface area contributed by atoms with Crippen LogP contribution in [0.15, 0.2) is 47.5 Å². The highest BCUT2D eigenvalue weighted by Gasteiger charge is 2.40. The number of imide groups is 1. The molecule has 0 saturated carbocycles. The summed E-state index contributed by atoms with van der Waals surface area (Å²) < 4.78 is 41.9. The topological polar surface area (TPSA) is 61.7 Å². The van der Waals surface area contributed by atoms with E-state index in [1.54, 1.807) is 35.5 Å². The molecule has 2 aromatic carbocycles. The third-order valence-electron chi connectivity index (χ3n) is 6.20. The molecular weight excluding hydrogens is 515 g/mol. The summed E-state index contributed by atoms with van der Waals surface area (Å²) in [5.74, 6) is -0.354. The predicted molar refractivity (Wildman–Crippen MR) is 132 cm³/mol. The summed E-state index contributed by atoms with van der Waals surface area (Å²) in [6, 6.07) is 8.96. The number of nitrogens with zero attached hydrogens (tertiary/aromatic N) is 5. The van der Waals surface area contributed by atoms with E-state index < -0.39 is 11.7 Å². The summed E-state index contributed by atoms with van der Waals surface area (Å²) in [6.45, 7) is 2.63. The zero-order valence-electron chi connectivity index (χ0n) is 19.1. The minimum absolute atomic E-state index is 0.0121. The average Bonchev–Trinajstić information content (AvgIpc) is 3.34. The Morgan fingerprint density at radius 1 is 1.08 bits per heavy atom. The van der Waals surface area contributed by atoms with Crippen molar-refractivity contribution < 1.29 is 22.8 Å². The van der Waals surface area contributed by atoms with Crippen molar-refractivity contribution in [2.45, 2.75) is 12.7 Å². The summed E-state index contributed by atoms with van der Waals surface area (Å²) >= 11 is 6.68. The van der Waals surface area contributed by atoms with Gasteiger partial charge in [0.15, 0.2) is 0 Å². The van der Waals surface area contributed by atoms with Crippen molar-refractivity contribution in [2.75, 3.05) is 33.2 Å². The van der Waals surface area contributed by atoms with Crippen LogP contribution in [0.3, 0.4) is 0 Å². The summed E-state index contributed by atoms with van der Waals surface area (Å²) in [4.78, 5) is 28.0. The van der Waals surface area contributed by atoms with Gasteiger partial charge in [-0.2, -0.15) is 23.3 Å². The lowest BCUT2D eigenvalue weighted by Gasteiger charge is -2.36. The number of likely N-dealkylation sites (N-methyl/N-ethyl adjacent to an activating group) is 1. The van der Waals surface area contributed by atoms with Gasteiger partial charge in [-0.15, -0.1) is 0 Å². The molecule has 0 aliphatic carbocycles. The standard InChI is InChI=1S/C24H21ClF3N5O2S/c1-30-6-8-31(9-7-30)33-22(34)21(36-23(33)35)11-15-2-5-20-17(10-15)13-29-32(20)14-16-3-4-18(25)12-19(16)24(26,27)28/h2-5,10-13H,6-9,14H2,1H3/b21-11-. The predicted octanol–water partition coefficient (Wildman–Crippen LogP) is 4.96. The highest BCUT2D eigenvalue weighted by molar-refractivity contribution is 8.18. The van der Waals surface area contributed by atoms with Crippen LogP contribution in [0.2, 0.25) is 5.02 Å². The Balaban J connectivity index is 1.38. The quantitative estimate of drug-likeness (QED) is 0.440. The number of carbonyl (C=O) groups is 2. The smallest absolute Gasteiger partial charge is 0.304 e. The summed E-state index contributed by atoms with van der Waals surface area (Å²) in [5.41, 5.74) is 0.582. The van der Waals surface area contributed by atoms with Crippen molar-refractivity contribution in [1.82, 2.24) is 24.7 Å². The first kappa shape index (κ1) is 24.8. The molecule has 12 heteroatoms. The average molecular weight is 536 g/mol. The zero-order chi connectivity index (χ0) is 25.6. The first-order valence-corrected chi connectivity index (χ1v) is 12.3. The first-order chi connectivity index (χ1) is 17.1. The van der Waals surface area contributed by atoms with E-state index in [0.717, 1.165) is 30.9 Å². The third-order valence-corrected chi connectivity index (χ3v) is 7.29. The van der Waals surface area contributed by atoms with Crippen molar-refractivity contribution >= 4 is 51.5 Å². The van der Waals surface area contributed by atoms with Crippen molar-refractivity contribution in [2.24, 2.45) is 0 Å². The maximum atomic E-state index is 13.5. The van der Waals surface area contributed by atoms with Gasteiger partial charge in [0.1, 0.15) is 0 Å². The molecule has 36 heavy (non-hydrogen) atoms. The van der Waals surface area contributed by atoms with Crippen LogP contribution in [0, 0.1) is 0 Å². The summed E-state index contributed by atoms with van der Waals surface area (Å²) in [6.07, 6.45) is -1.33. The van der Waals surface area contributed by atoms with Crippen molar-refractivity contribution in [3.63, 3.8) is 0 Å². The van der Waals surface area contributed by atoms with Crippen LogP contribution < -0.4 is 0 Å².